The van der Waals surface area contributed by atoms with Crippen LogP contribution in [0.3, 0.4) is 0 Å². The van der Waals surface area contributed by atoms with Gasteiger partial charge in [0.1, 0.15) is 0 Å². The molecule has 1 atom stereocenters. The Hall–Kier alpha value is -2.26. The highest BCUT2D eigenvalue weighted by Crippen LogP contribution is 2.34. The molecule has 0 amide bonds. The number of fused-ring (bicyclic) bond motifs is 1. The minimum absolute atomic E-state index is 0.343. The van der Waals surface area contributed by atoms with Gasteiger partial charge < -0.3 is 14.6 Å². The summed E-state index contributed by atoms with van der Waals surface area (Å²) in [5, 5.41) is 1.25. The molecule has 4 rings (SSSR count). The highest BCUT2D eigenvalue weighted by molar-refractivity contribution is 5.89. The van der Waals surface area contributed by atoms with E-state index in [1.807, 2.05) is 0 Å². The zero-order valence-electron chi connectivity index (χ0n) is 12.8. The third-order valence-corrected chi connectivity index (χ3v) is 4.54. The molecule has 1 aromatic heterocycles. The van der Waals surface area contributed by atoms with Crippen LogP contribution in [0.4, 0.5) is 5.69 Å². The van der Waals surface area contributed by atoms with E-state index < -0.39 is 0 Å². The number of anilines is 1. The zero-order chi connectivity index (χ0) is 14.9. The Kier molecular flexibility index (Phi) is 3.35. The number of H-pyrrole nitrogens is 1. The first-order chi connectivity index (χ1) is 10.8. The lowest BCUT2D eigenvalue weighted by molar-refractivity contribution is 0.121. The molecule has 1 unspecified atom stereocenters. The van der Waals surface area contributed by atoms with Crippen LogP contribution in [-0.2, 0) is 4.74 Å². The molecule has 0 aliphatic carbocycles. The van der Waals surface area contributed by atoms with Crippen molar-refractivity contribution >= 4 is 16.6 Å². The van der Waals surface area contributed by atoms with Crippen molar-refractivity contribution in [1.82, 2.24) is 4.98 Å². The molecule has 2 heterocycles. The van der Waals surface area contributed by atoms with E-state index in [1.165, 1.54) is 27.8 Å². The predicted octanol–water partition coefficient (Wildman–Crippen LogP) is 4.06. The van der Waals surface area contributed by atoms with Gasteiger partial charge in [-0.1, -0.05) is 36.4 Å². The number of methoxy groups -OCH3 is 1. The summed E-state index contributed by atoms with van der Waals surface area (Å²) in [5.41, 5.74) is 4.91. The molecule has 1 saturated heterocycles. The van der Waals surface area contributed by atoms with E-state index in [0.717, 1.165) is 19.5 Å². The Bertz CT molecular complexity index is 760. The molecule has 112 valence electrons. The second kappa shape index (κ2) is 5.50. The van der Waals surface area contributed by atoms with Crippen LogP contribution in [0.25, 0.3) is 22.2 Å². The van der Waals surface area contributed by atoms with Gasteiger partial charge in [0, 0.05) is 48.0 Å². The second-order valence-electron chi connectivity index (χ2n) is 5.88. The fraction of sp³-hybridized carbons (Fsp3) is 0.263. The molecule has 22 heavy (non-hydrogen) atoms. The van der Waals surface area contributed by atoms with E-state index in [4.69, 9.17) is 4.74 Å². The Morgan fingerprint density at radius 1 is 1.09 bits per heavy atom. The Balaban J connectivity index is 1.76. The van der Waals surface area contributed by atoms with Crippen molar-refractivity contribution in [3.8, 4) is 11.3 Å². The van der Waals surface area contributed by atoms with Crippen LogP contribution in [0, 0.1) is 0 Å². The van der Waals surface area contributed by atoms with Gasteiger partial charge in [-0.3, -0.25) is 0 Å². The molecule has 1 fully saturated rings. The van der Waals surface area contributed by atoms with Gasteiger partial charge in [0.2, 0.25) is 0 Å². The van der Waals surface area contributed by atoms with Gasteiger partial charge in [0.25, 0.3) is 0 Å². The molecule has 1 aliphatic heterocycles. The number of benzene rings is 2. The fourth-order valence-electron chi connectivity index (χ4n) is 3.34. The molecule has 0 bridgehead atoms. The molecule has 0 spiro atoms. The summed E-state index contributed by atoms with van der Waals surface area (Å²) in [6.45, 7) is 2.02. The van der Waals surface area contributed by atoms with Gasteiger partial charge in [-0.2, -0.15) is 0 Å². The van der Waals surface area contributed by atoms with Crippen molar-refractivity contribution in [1.29, 1.82) is 0 Å². The number of nitrogens with zero attached hydrogens (tertiary/aromatic N) is 1. The van der Waals surface area contributed by atoms with E-state index in [-0.39, 0.29) is 0 Å². The number of hydrogen-bond acceptors (Lipinski definition) is 2. The standard InChI is InChI=1S/C19H20N2O/c1-22-15-10-11-21(13-15)19-9-5-3-7-16(19)18-12-14-6-2-4-8-17(14)20-18/h2-9,12,15,20H,10-11,13H2,1H3. The number of hydrogen-bond donors (Lipinski definition) is 1. The van der Waals surface area contributed by atoms with Crippen LogP contribution in [0.5, 0.6) is 0 Å². The Morgan fingerprint density at radius 2 is 1.91 bits per heavy atom. The van der Waals surface area contributed by atoms with Gasteiger partial charge in [-0.15, -0.1) is 0 Å². The number of rotatable bonds is 3. The van der Waals surface area contributed by atoms with Gasteiger partial charge in [0.05, 0.1) is 6.10 Å². The van der Waals surface area contributed by atoms with Crippen molar-refractivity contribution in [3.05, 3.63) is 54.6 Å². The lowest BCUT2D eigenvalue weighted by Gasteiger charge is -2.21. The maximum atomic E-state index is 5.51. The summed E-state index contributed by atoms with van der Waals surface area (Å²) in [5.74, 6) is 0. The normalized spacial score (nSPS) is 18.2. The summed E-state index contributed by atoms with van der Waals surface area (Å²) in [6.07, 6.45) is 1.44. The molecular formula is C19H20N2O. The zero-order valence-corrected chi connectivity index (χ0v) is 12.8. The predicted molar refractivity (Wildman–Crippen MR) is 91.4 cm³/mol. The summed E-state index contributed by atoms with van der Waals surface area (Å²) < 4.78 is 5.51. The van der Waals surface area contributed by atoms with Crippen molar-refractivity contribution in [2.75, 3.05) is 25.1 Å². The Labute approximate surface area is 130 Å². The minimum atomic E-state index is 0.343. The van der Waals surface area contributed by atoms with E-state index in [0.29, 0.717) is 6.10 Å². The number of ether oxygens (including phenoxy) is 1. The largest absolute Gasteiger partial charge is 0.380 e. The monoisotopic (exact) mass is 292 g/mol. The van der Waals surface area contributed by atoms with Gasteiger partial charge in [-0.05, 0) is 24.6 Å². The average molecular weight is 292 g/mol. The highest BCUT2D eigenvalue weighted by Gasteiger charge is 2.24. The summed E-state index contributed by atoms with van der Waals surface area (Å²) in [6, 6.07) is 19.3. The molecule has 3 aromatic rings. The molecule has 1 aliphatic rings. The SMILES string of the molecule is COC1CCN(c2ccccc2-c2cc3ccccc3[nH]2)C1. The second-order valence-corrected chi connectivity index (χ2v) is 5.88. The van der Waals surface area contributed by atoms with Crippen LogP contribution in [-0.4, -0.2) is 31.3 Å². The van der Waals surface area contributed by atoms with E-state index in [9.17, 15) is 0 Å². The molecule has 2 aromatic carbocycles. The first-order valence-corrected chi connectivity index (χ1v) is 7.80. The van der Waals surface area contributed by atoms with Gasteiger partial charge >= 0.3 is 0 Å². The van der Waals surface area contributed by atoms with E-state index in [1.54, 1.807) is 7.11 Å². The number of aromatic amines is 1. The fourth-order valence-corrected chi connectivity index (χ4v) is 3.34. The van der Waals surface area contributed by atoms with Gasteiger partial charge in [-0.25, -0.2) is 0 Å². The number of nitrogens with one attached hydrogen (secondary N) is 1. The van der Waals surface area contributed by atoms with Crippen LogP contribution < -0.4 is 4.90 Å². The van der Waals surface area contributed by atoms with E-state index in [2.05, 4.69) is 64.5 Å². The maximum absolute atomic E-state index is 5.51. The lowest BCUT2D eigenvalue weighted by atomic mass is 10.1. The van der Waals surface area contributed by atoms with Gasteiger partial charge in [0.15, 0.2) is 0 Å². The first-order valence-electron chi connectivity index (χ1n) is 7.80. The Morgan fingerprint density at radius 3 is 2.73 bits per heavy atom. The molecule has 1 N–H and O–H groups in total. The van der Waals surface area contributed by atoms with Crippen molar-refractivity contribution in [2.45, 2.75) is 12.5 Å². The van der Waals surface area contributed by atoms with Crippen LogP contribution in [0.2, 0.25) is 0 Å². The molecule has 0 saturated carbocycles. The summed E-state index contributed by atoms with van der Waals surface area (Å²) in [4.78, 5) is 5.97. The molecular weight excluding hydrogens is 272 g/mol. The maximum Gasteiger partial charge on any atom is 0.0762 e. The lowest BCUT2D eigenvalue weighted by Crippen LogP contribution is -2.22. The third kappa shape index (κ3) is 2.28. The number of aromatic nitrogens is 1. The van der Waals surface area contributed by atoms with Crippen molar-refractivity contribution < 1.29 is 4.74 Å². The molecule has 0 radical (unpaired) electrons. The third-order valence-electron chi connectivity index (χ3n) is 4.54. The van der Waals surface area contributed by atoms with Crippen molar-refractivity contribution in [3.63, 3.8) is 0 Å². The first kappa shape index (κ1) is 13.4. The smallest absolute Gasteiger partial charge is 0.0762 e. The molecule has 3 nitrogen and oxygen atoms in total. The quantitative estimate of drug-likeness (QED) is 0.788. The van der Waals surface area contributed by atoms with Crippen LogP contribution in [0.15, 0.2) is 54.6 Å². The van der Waals surface area contributed by atoms with Crippen LogP contribution >= 0.6 is 0 Å². The van der Waals surface area contributed by atoms with Crippen LogP contribution in [0.1, 0.15) is 6.42 Å². The topological polar surface area (TPSA) is 28.3 Å². The summed E-state index contributed by atoms with van der Waals surface area (Å²) in [7, 11) is 1.80. The molecule has 3 heteroatoms. The van der Waals surface area contributed by atoms with E-state index >= 15 is 0 Å². The number of para-hydroxylation sites is 2. The minimum Gasteiger partial charge on any atom is -0.380 e. The summed E-state index contributed by atoms with van der Waals surface area (Å²) >= 11 is 0. The van der Waals surface area contributed by atoms with Crippen molar-refractivity contribution in [2.24, 2.45) is 0 Å². The highest BCUT2D eigenvalue weighted by atomic mass is 16.5. The average Bonchev–Trinajstić information content (AvgIpc) is 3.21.